The van der Waals surface area contributed by atoms with E-state index in [2.05, 4.69) is 20.9 Å². The number of aromatic nitrogens is 1. The molecule has 0 aliphatic heterocycles. The van der Waals surface area contributed by atoms with Crippen LogP contribution in [0.2, 0.25) is 0 Å². The molecule has 1 aromatic heterocycles. The molecule has 27 heavy (non-hydrogen) atoms. The van der Waals surface area contributed by atoms with Crippen LogP contribution in [-0.4, -0.2) is 33.0 Å². The van der Waals surface area contributed by atoms with E-state index in [9.17, 15) is 13.2 Å². The van der Waals surface area contributed by atoms with Gasteiger partial charge in [-0.15, -0.1) is 6.42 Å². The lowest BCUT2D eigenvalue weighted by Gasteiger charge is -2.06. The average molecular weight is 401 g/mol. The van der Waals surface area contributed by atoms with E-state index >= 15 is 0 Å². The molecule has 7 nitrogen and oxygen atoms in total. The first kappa shape index (κ1) is 18.8. The summed E-state index contributed by atoms with van der Waals surface area (Å²) in [6.07, 6.45) is 5.07. The molecule has 9 heteroatoms. The van der Waals surface area contributed by atoms with Gasteiger partial charge in [0.2, 0.25) is 10.0 Å². The van der Waals surface area contributed by atoms with Gasteiger partial charge in [0, 0.05) is 5.56 Å². The summed E-state index contributed by atoms with van der Waals surface area (Å²) in [5.74, 6) is 2.43. The Morgan fingerprint density at radius 1 is 1.30 bits per heavy atom. The third-order valence-corrected chi connectivity index (χ3v) is 5.92. The molecule has 2 N–H and O–H groups in total. The van der Waals surface area contributed by atoms with E-state index in [1.165, 1.54) is 35.6 Å². The number of nitrogens with zero attached hydrogens (tertiary/aromatic N) is 1. The fraction of sp³-hybridized carbons (Fsp3) is 0.111. The van der Waals surface area contributed by atoms with Crippen LogP contribution in [0.5, 0.6) is 5.75 Å². The van der Waals surface area contributed by atoms with Crippen molar-refractivity contribution in [1.82, 2.24) is 9.71 Å². The van der Waals surface area contributed by atoms with Crippen LogP contribution in [0.1, 0.15) is 10.4 Å². The van der Waals surface area contributed by atoms with Crippen molar-refractivity contribution < 1.29 is 17.9 Å². The lowest BCUT2D eigenvalue weighted by molar-refractivity contribution is 0.102. The molecule has 0 saturated carbocycles. The van der Waals surface area contributed by atoms with Crippen molar-refractivity contribution in [3.8, 4) is 18.1 Å². The zero-order valence-electron chi connectivity index (χ0n) is 14.2. The van der Waals surface area contributed by atoms with Crippen LogP contribution in [0.3, 0.4) is 0 Å². The van der Waals surface area contributed by atoms with E-state index in [-0.39, 0.29) is 17.0 Å². The first-order valence-electron chi connectivity index (χ1n) is 7.72. The highest BCUT2D eigenvalue weighted by molar-refractivity contribution is 7.89. The third kappa shape index (κ3) is 4.25. The number of carbonyl (C=O) groups is 1. The normalized spacial score (nSPS) is 11.1. The van der Waals surface area contributed by atoms with Crippen molar-refractivity contribution in [3.63, 3.8) is 0 Å². The molecule has 0 saturated heterocycles. The minimum atomic E-state index is -3.78. The third-order valence-electron chi connectivity index (χ3n) is 3.59. The summed E-state index contributed by atoms with van der Waals surface area (Å²) >= 11 is 1.29. The summed E-state index contributed by atoms with van der Waals surface area (Å²) < 4.78 is 32.6. The van der Waals surface area contributed by atoms with E-state index in [0.29, 0.717) is 10.9 Å². The van der Waals surface area contributed by atoms with Crippen LogP contribution in [0.4, 0.5) is 5.13 Å². The van der Waals surface area contributed by atoms with E-state index in [1.54, 1.807) is 19.2 Å². The molecular formula is C18H15N3O4S2. The van der Waals surface area contributed by atoms with Crippen molar-refractivity contribution in [1.29, 1.82) is 0 Å². The Bertz CT molecular complexity index is 1150. The number of hydrogen-bond acceptors (Lipinski definition) is 6. The summed E-state index contributed by atoms with van der Waals surface area (Å²) in [5, 5.41) is 3.09. The van der Waals surface area contributed by atoms with Gasteiger partial charge in [-0.1, -0.05) is 23.3 Å². The molecule has 0 aliphatic rings. The second-order valence-electron chi connectivity index (χ2n) is 5.36. The maximum atomic E-state index is 12.5. The Labute approximate surface area is 160 Å². The number of methoxy groups -OCH3 is 1. The number of thiazole rings is 1. The van der Waals surface area contributed by atoms with Gasteiger partial charge in [0.15, 0.2) is 5.13 Å². The van der Waals surface area contributed by atoms with Gasteiger partial charge in [0.25, 0.3) is 5.91 Å². The first-order chi connectivity index (χ1) is 12.9. The lowest BCUT2D eigenvalue weighted by Crippen LogP contribution is -2.24. The largest absolute Gasteiger partial charge is 0.497 e. The Hall–Kier alpha value is -2.93. The average Bonchev–Trinajstić information content (AvgIpc) is 3.07. The van der Waals surface area contributed by atoms with Crippen LogP contribution in [0, 0.1) is 12.3 Å². The zero-order valence-corrected chi connectivity index (χ0v) is 15.9. The quantitative estimate of drug-likeness (QED) is 0.619. The Kier molecular flexibility index (Phi) is 5.41. The highest BCUT2D eigenvalue weighted by atomic mass is 32.2. The molecule has 3 aromatic rings. The lowest BCUT2D eigenvalue weighted by atomic mass is 10.2. The number of hydrogen-bond donors (Lipinski definition) is 2. The van der Waals surface area contributed by atoms with Gasteiger partial charge in [-0.25, -0.2) is 13.4 Å². The molecule has 138 valence electrons. The molecule has 1 heterocycles. The molecular weight excluding hydrogens is 386 g/mol. The summed E-state index contributed by atoms with van der Waals surface area (Å²) in [6, 6.07) is 11.1. The number of sulfonamides is 1. The number of nitrogens with one attached hydrogen (secondary N) is 2. The van der Waals surface area contributed by atoms with Gasteiger partial charge in [-0.2, -0.15) is 4.72 Å². The van der Waals surface area contributed by atoms with Crippen LogP contribution in [0.25, 0.3) is 10.2 Å². The number of carbonyl (C=O) groups excluding carboxylic acids is 1. The molecule has 3 rings (SSSR count). The van der Waals surface area contributed by atoms with E-state index in [0.717, 1.165) is 10.2 Å². The fourth-order valence-electron chi connectivity index (χ4n) is 2.28. The number of amides is 1. The van der Waals surface area contributed by atoms with Gasteiger partial charge in [-0.05, 0) is 36.4 Å². The van der Waals surface area contributed by atoms with Gasteiger partial charge in [0.05, 0.1) is 28.8 Å². The fourth-order valence-corrected chi connectivity index (χ4v) is 4.15. The van der Waals surface area contributed by atoms with Crippen LogP contribution in [0.15, 0.2) is 47.4 Å². The molecule has 0 unspecified atom stereocenters. The predicted molar refractivity (Wildman–Crippen MR) is 105 cm³/mol. The van der Waals surface area contributed by atoms with Crippen molar-refractivity contribution in [2.75, 3.05) is 19.0 Å². The molecule has 1 amide bonds. The minimum absolute atomic E-state index is 0.0422. The number of benzene rings is 2. The number of terminal acetylenes is 1. The monoisotopic (exact) mass is 401 g/mol. The number of ether oxygens (including phenoxy) is 1. The van der Waals surface area contributed by atoms with Crippen molar-refractivity contribution in [3.05, 3.63) is 48.0 Å². The minimum Gasteiger partial charge on any atom is -0.497 e. The van der Waals surface area contributed by atoms with Crippen molar-refractivity contribution >= 4 is 42.6 Å². The Morgan fingerprint density at radius 2 is 2.11 bits per heavy atom. The number of fused-ring (bicyclic) bond motifs is 1. The SMILES string of the molecule is C#CCNS(=O)(=O)c1cccc(C(=O)Nc2nc3ccc(OC)cc3s2)c1. The highest BCUT2D eigenvalue weighted by Crippen LogP contribution is 2.29. The molecule has 0 bridgehead atoms. The Balaban J connectivity index is 1.82. The van der Waals surface area contributed by atoms with Gasteiger partial charge >= 0.3 is 0 Å². The van der Waals surface area contributed by atoms with Crippen molar-refractivity contribution in [2.24, 2.45) is 0 Å². The standard InChI is InChI=1S/C18H15N3O4S2/c1-3-9-19-27(23,24)14-6-4-5-12(10-14)17(22)21-18-20-15-8-7-13(25-2)11-16(15)26-18/h1,4-8,10-11,19H,9H2,2H3,(H,20,21,22). The maximum absolute atomic E-state index is 12.5. The second-order valence-corrected chi connectivity index (χ2v) is 8.16. The van der Waals surface area contributed by atoms with E-state index < -0.39 is 15.9 Å². The predicted octanol–water partition coefficient (Wildman–Crippen LogP) is 2.47. The molecule has 0 fully saturated rings. The summed E-state index contributed by atoms with van der Waals surface area (Å²) in [6.45, 7) is -0.131. The Morgan fingerprint density at radius 3 is 2.85 bits per heavy atom. The number of anilines is 1. The van der Waals surface area contributed by atoms with Gasteiger partial charge < -0.3 is 4.74 Å². The maximum Gasteiger partial charge on any atom is 0.257 e. The second kappa shape index (κ2) is 7.75. The first-order valence-corrected chi connectivity index (χ1v) is 10.0. The van der Waals surface area contributed by atoms with Crippen LogP contribution < -0.4 is 14.8 Å². The van der Waals surface area contributed by atoms with Gasteiger partial charge in [0.1, 0.15) is 5.75 Å². The van der Waals surface area contributed by atoms with Crippen LogP contribution >= 0.6 is 11.3 Å². The molecule has 0 spiro atoms. The molecule has 2 aromatic carbocycles. The van der Waals surface area contributed by atoms with Crippen molar-refractivity contribution in [2.45, 2.75) is 4.90 Å². The summed E-state index contributed by atoms with van der Waals surface area (Å²) in [5.41, 5.74) is 0.918. The topological polar surface area (TPSA) is 97.4 Å². The van der Waals surface area contributed by atoms with E-state index in [4.69, 9.17) is 11.2 Å². The smallest absolute Gasteiger partial charge is 0.257 e. The highest BCUT2D eigenvalue weighted by Gasteiger charge is 2.16. The number of rotatable bonds is 6. The summed E-state index contributed by atoms with van der Waals surface area (Å²) in [4.78, 5) is 16.8. The van der Waals surface area contributed by atoms with Crippen LogP contribution in [-0.2, 0) is 10.0 Å². The molecule has 0 atom stereocenters. The molecule has 0 radical (unpaired) electrons. The summed E-state index contributed by atoms with van der Waals surface area (Å²) in [7, 11) is -2.21. The van der Waals surface area contributed by atoms with E-state index in [1.807, 2.05) is 6.07 Å². The zero-order chi connectivity index (χ0) is 19.4. The molecule has 0 aliphatic carbocycles. The van der Waals surface area contributed by atoms with Gasteiger partial charge in [-0.3, -0.25) is 10.1 Å².